The van der Waals surface area contributed by atoms with Gasteiger partial charge in [-0.2, -0.15) is 13.2 Å². The van der Waals surface area contributed by atoms with Crippen LogP contribution in [0.4, 0.5) is 13.2 Å². The van der Waals surface area contributed by atoms with E-state index in [0.717, 1.165) is 6.54 Å². The number of nitrogens with one attached hydrogen (secondary N) is 1. The van der Waals surface area contributed by atoms with Gasteiger partial charge in [0.2, 0.25) is 0 Å². The molecule has 0 aromatic carbocycles. The number of piperidine rings is 1. The van der Waals surface area contributed by atoms with Crippen molar-refractivity contribution in [1.29, 1.82) is 0 Å². The van der Waals surface area contributed by atoms with Gasteiger partial charge >= 0.3 is 6.18 Å². The molecular formula is C13H21F3N2. The molecule has 0 aromatic rings. The number of likely N-dealkylation sites (tertiary alicyclic amines) is 1. The second kappa shape index (κ2) is 4.67. The van der Waals surface area contributed by atoms with Gasteiger partial charge in [-0.15, -0.1) is 0 Å². The maximum absolute atomic E-state index is 12.5. The van der Waals surface area contributed by atoms with Crippen LogP contribution in [-0.2, 0) is 0 Å². The quantitative estimate of drug-likeness (QED) is 0.837. The van der Waals surface area contributed by atoms with Crippen molar-refractivity contribution in [2.45, 2.75) is 62.8 Å². The van der Waals surface area contributed by atoms with Crippen LogP contribution in [0.5, 0.6) is 0 Å². The van der Waals surface area contributed by atoms with Crippen LogP contribution in [0.2, 0.25) is 0 Å². The third kappa shape index (κ3) is 3.60. The molecule has 1 heterocycles. The molecule has 2 nitrogen and oxygen atoms in total. The minimum Gasteiger partial charge on any atom is -0.310 e. The molecular weight excluding hydrogens is 241 g/mol. The highest BCUT2D eigenvalue weighted by Gasteiger charge is 2.41. The average Bonchev–Trinajstić information content (AvgIpc) is 3.10. The highest BCUT2D eigenvalue weighted by atomic mass is 19.4. The molecule has 3 fully saturated rings. The molecule has 1 aliphatic heterocycles. The molecule has 104 valence electrons. The van der Waals surface area contributed by atoms with Crippen LogP contribution in [0, 0.1) is 5.92 Å². The second-order valence-corrected chi connectivity index (χ2v) is 6.24. The summed E-state index contributed by atoms with van der Waals surface area (Å²) >= 11 is 0. The van der Waals surface area contributed by atoms with Gasteiger partial charge in [-0.05, 0) is 38.0 Å². The Labute approximate surface area is 106 Å². The molecule has 2 saturated carbocycles. The topological polar surface area (TPSA) is 15.3 Å². The van der Waals surface area contributed by atoms with Gasteiger partial charge in [-0.25, -0.2) is 0 Å². The molecule has 1 N–H and O–H groups in total. The largest absolute Gasteiger partial charge is 0.389 e. The van der Waals surface area contributed by atoms with E-state index in [0.29, 0.717) is 25.0 Å². The smallest absolute Gasteiger partial charge is 0.310 e. The van der Waals surface area contributed by atoms with Gasteiger partial charge in [0.25, 0.3) is 0 Å². The molecule has 2 unspecified atom stereocenters. The molecule has 0 bridgehead atoms. The Hall–Kier alpha value is -0.290. The van der Waals surface area contributed by atoms with Gasteiger partial charge < -0.3 is 5.32 Å². The van der Waals surface area contributed by atoms with Crippen molar-refractivity contribution in [1.82, 2.24) is 10.2 Å². The van der Waals surface area contributed by atoms with Crippen molar-refractivity contribution in [3.05, 3.63) is 0 Å². The van der Waals surface area contributed by atoms with E-state index in [2.05, 4.69) is 10.2 Å². The van der Waals surface area contributed by atoms with Crippen LogP contribution in [0.15, 0.2) is 0 Å². The predicted molar refractivity (Wildman–Crippen MR) is 63.3 cm³/mol. The molecule has 1 saturated heterocycles. The summed E-state index contributed by atoms with van der Waals surface area (Å²) in [5.74, 6) is -0.212. The zero-order valence-electron chi connectivity index (χ0n) is 10.5. The molecule has 2 aliphatic carbocycles. The molecule has 5 heteroatoms. The molecule has 0 amide bonds. The van der Waals surface area contributed by atoms with E-state index >= 15 is 0 Å². The first-order chi connectivity index (χ1) is 8.49. The molecule has 18 heavy (non-hydrogen) atoms. The zero-order valence-corrected chi connectivity index (χ0v) is 10.5. The maximum Gasteiger partial charge on any atom is 0.389 e. The number of rotatable bonds is 4. The number of nitrogens with zero attached hydrogens (tertiary/aromatic N) is 1. The number of hydrogen-bond acceptors (Lipinski definition) is 2. The highest BCUT2D eigenvalue weighted by molar-refractivity contribution is 4.95. The lowest BCUT2D eigenvalue weighted by molar-refractivity contribution is -0.149. The Bertz CT molecular complexity index is 297. The van der Waals surface area contributed by atoms with E-state index in [1.165, 1.54) is 25.7 Å². The van der Waals surface area contributed by atoms with E-state index in [1.807, 2.05) is 0 Å². The first kappa shape index (κ1) is 12.7. The first-order valence-electron chi connectivity index (χ1n) is 7.06. The Balaban J connectivity index is 1.58. The van der Waals surface area contributed by atoms with E-state index in [1.54, 1.807) is 0 Å². The van der Waals surface area contributed by atoms with E-state index < -0.39 is 12.6 Å². The fourth-order valence-electron chi connectivity index (χ4n) is 3.16. The minimum atomic E-state index is -4.01. The summed E-state index contributed by atoms with van der Waals surface area (Å²) in [6, 6.07) is 1.43. The lowest BCUT2D eigenvalue weighted by Crippen LogP contribution is -2.51. The number of halogens is 3. The standard InChI is InChI=1S/C13H21F3N2/c14-13(15,16)6-9-5-11(17-10-1-2-10)8-18(7-9)12-3-4-12/h9-12,17H,1-8H2. The van der Waals surface area contributed by atoms with Crippen LogP contribution < -0.4 is 5.32 Å². The zero-order chi connectivity index (χ0) is 12.8. The molecule has 3 aliphatic rings. The van der Waals surface area contributed by atoms with Crippen molar-refractivity contribution in [2.24, 2.45) is 5.92 Å². The predicted octanol–water partition coefficient (Wildman–Crippen LogP) is 2.54. The SMILES string of the molecule is FC(F)(F)CC1CC(NC2CC2)CN(C2CC2)C1. The molecule has 0 aromatic heterocycles. The Morgan fingerprint density at radius 1 is 1.00 bits per heavy atom. The van der Waals surface area contributed by atoms with Gasteiger partial charge in [0.1, 0.15) is 0 Å². The second-order valence-electron chi connectivity index (χ2n) is 6.24. The van der Waals surface area contributed by atoms with Crippen LogP contribution in [0.3, 0.4) is 0 Å². The van der Waals surface area contributed by atoms with E-state index in [4.69, 9.17) is 0 Å². The van der Waals surface area contributed by atoms with Crippen molar-refractivity contribution < 1.29 is 13.2 Å². The molecule has 2 atom stereocenters. The third-order valence-electron chi connectivity index (χ3n) is 4.20. The molecule has 0 spiro atoms. The summed E-state index contributed by atoms with van der Waals surface area (Å²) in [4.78, 5) is 2.29. The summed E-state index contributed by atoms with van der Waals surface area (Å²) in [5, 5.41) is 3.51. The summed E-state index contributed by atoms with van der Waals surface area (Å²) in [6.45, 7) is 1.60. The summed E-state index contributed by atoms with van der Waals surface area (Å²) in [5.41, 5.74) is 0. The Kier molecular flexibility index (Phi) is 3.30. The summed E-state index contributed by atoms with van der Waals surface area (Å²) in [7, 11) is 0. The van der Waals surface area contributed by atoms with Crippen LogP contribution in [0.25, 0.3) is 0 Å². The van der Waals surface area contributed by atoms with Gasteiger partial charge in [0.15, 0.2) is 0 Å². The first-order valence-corrected chi connectivity index (χ1v) is 7.06. The minimum absolute atomic E-state index is 0.212. The van der Waals surface area contributed by atoms with Crippen molar-refractivity contribution >= 4 is 0 Å². The van der Waals surface area contributed by atoms with E-state index in [9.17, 15) is 13.2 Å². The molecule has 3 rings (SSSR count). The third-order valence-corrected chi connectivity index (χ3v) is 4.20. The average molecular weight is 262 g/mol. The van der Waals surface area contributed by atoms with Crippen molar-refractivity contribution in [3.8, 4) is 0 Å². The van der Waals surface area contributed by atoms with Crippen molar-refractivity contribution in [2.75, 3.05) is 13.1 Å². The highest BCUT2D eigenvalue weighted by Crippen LogP contribution is 2.36. The summed E-state index contributed by atoms with van der Waals surface area (Å²) in [6.07, 6.45) is 0.817. The van der Waals surface area contributed by atoms with Crippen LogP contribution in [-0.4, -0.2) is 42.3 Å². The monoisotopic (exact) mass is 262 g/mol. The number of alkyl halides is 3. The fraction of sp³-hybridized carbons (Fsp3) is 1.00. The van der Waals surface area contributed by atoms with Gasteiger partial charge in [-0.1, -0.05) is 0 Å². The lowest BCUT2D eigenvalue weighted by atomic mass is 9.91. The Morgan fingerprint density at radius 3 is 2.28 bits per heavy atom. The van der Waals surface area contributed by atoms with Gasteiger partial charge in [0, 0.05) is 37.6 Å². The summed E-state index contributed by atoms with van der Waals surface area (Å²) < 4.78 is 37.6. The van der Waals surface area contributed by atoms with Crippen LogP contribution in [0.1, 0.15) is 38.5 Å². The fourth-order valence-corrected chi connectivity index (χ4v) is 3.16. The van der Waals surface area contributed by atoms with Crippen LogP contribution >= 0.6 is 0 Å². The normalized spacial score (nSPS) is 34.8. The lowest BCUT2D eigenvalue weighted by Gasteiger charge is -2.38. The number of hydrogen-bond donors (Lipinski definition) is 1. The molecule has 0 radical (unpaired) electrons. The maximum atomic E-state index is 12.5. The Morgan fingerprint density at radius 2 is 1.72 bits per heavy atom. The van der Waals surface area contributed by atoms with Crippen molar-refractivity contribution in [3.63, 3.8) is 0 Å². The van der Waals surface area contributed by atoms with Gasteiger partial charge in [0.05, 0.1) is 0 Å². The van der Waals surface area contributed by atoms with Gasteiger partial charge in [-0.3, -0.25) is 4.90 Å². The van der Waals surface area contributed by atoms with E-state index in [-0.39, 0.29) is 12.0 Å².